The fraction of sp³-hybridized carbons (Fsp3) is 0.250. The zero-order chi connectivity index (χ0) is 13.5. The van der Waals surface area contributed by atoms with Gasteiger partial charge in [-0.2, -0.15) is 5.10 Å². The maximum atomic E-state index is 4.82. The van der Waals surface area contributed by atoms with Gasteiger partial charge in [0, 0.05) is 42.4 Å². The Bertz CT molecular complexity index is 774. The van der Waals surface area contributed by atoms with Gasteiger partial charge in [0.1, 0.15) is 0 Å². The van der Waals surface area contributed by atoms with Gasteiger partial charge in [-0.1, -0.05) is 30.3 Å². The monoisotopic (exact) mass is 264 g/mol. The van der Waals surface area contributed by atoms with Crippen LogP contribution in [0.15, 0.2) is 36.5 Å². The SMILES string of the molecule is Cc1c(-c2ccccc2)nn2c3c(cnc12)CNCC3. The molecule has 0 amide bonds. The third kappa shape index (κ3) is 1.65. The van der Waals surface area contributed by atoms with Crippen molar-refractivity contribution in [2.75, 3.05) is 6.54 Å². The van der Waals surface area contributed by atoms with Gasteiger partial charge in [0.2, 0.25) is 0 Å². The Balaban J connectivity index is 1.99. The van der Waals surface area contributed by atoms with Crippen molar-refractivity contribution in [3.8, 4) is 11.3 Å². The Morgan fingerprint density at radius 3 is 2.90 bits per heavy atom. The summed E-state index contributed by atoms with van der Waals surface area (Å²) in [6.07, 6.45) is 2.99. The first-order valence-corrected chi connectivity index (χ1v) is 6.97. The van der Waals surface area contributed by atoms with E-state index < -0.39 is 0 Å². The van der Waals surface area contributed by atoms with Crippen LogP contribution in [0.1, 0.15) is 16.8 Å². The van der Waals surface area contributed by atoms with Gasteiger partial charge in [0.15, 0.2) is 5.65 Å². The molecule has 20 heavy (non-hydrogen) atoms. The number of fused-ring (bicyclic) bond motifs is 3. The average Bonchev–Trinajstić information content (AvgIpc) is 2.86. The zero-order valence-corrected chi connectivity index (χ0v) is 11.4. The highest BCUT2D eigenvalue weighted by Gasteiger charge is 2.18. The van der Waals surface area contributed by atoms with Crippen molar-refractivity contribution >= 4 is 5.65 Å². The fourth-order valence-electron chi connectivity index (χ4n) is 2.89. The molecule has 0 fully saturated rings. The van der Waals surface area contributed by atoms with Crippen LogP contribution in [-0.4, -0.2) is 21.1 Å². The normalized spacial score (nSPS) is 14.4. The van der Waals surface area contributed by atoms with Crippen molar-refractivity contribution in [2.45, 2.75) is 19.9 Å². The first-order valence-electron chi connectivity index (χ1n) is 6.97. The number of hydrogen-bond donors (Lipinski definition) is 1. The number of rotatable bonds is 1. The minimum Gasteiger partial charge on any atom is -0.312 e. The summed E-state index contributed by atoms with van der Waals surface area (Å²) in [5.74, 6) is 0. The van der Waals surface area contributed by atoms with E-state index in [-0.39, 0.29) is 0 Å². The molecule has 4 nitrogen and oxygen atoms in total. The highest BCUT2D eigenvalue weighted by atomic mass is 15.3. The number of nitrogens with one attached hydrogen (secondary N) is 1. The smallest absolute Gasteiger partial charge is 0.158 e. The molecular weight excluding hydrogens is 248 g/mol. The van der Waals surface area contributed by atoms with Gasteiger partial charge in [-0.15, -0.1) is 0 Å². The summed E-state index contributed by atoms with van der Waals surface area (Å²) in [5, 5.41) is 8.20. The number of aromatic nitrogens is 3. The molecule has 0 atom stereocenters. The lowest BCUT2D eigenvalue weighted by Crippen LogP contribution is -2.26. The second kappa shape index (κ2) is 4.42. The molecular formula is C16H16N4. The molecule has 3 aromatic rings. The van der Waals surface area contributed by atoms with E-state index in [9.17, 15) is 0 Å². The summed E-state index contributed by atoms with van der Waals surface area (Å²) in [6.45, 7) is 3.99. The molecule has 0 spiro atoms. The Morgan fingerprint density at radius 1 is 1.20 bits per heavy atom. The predicted octanol–water partition coefficient (Wildman–Crippen LogP) is 2.35. The van der Waals surface area contributed by atoms with Gasteiger partial charge in [-0.25, -0.2) is 9.50 Å². The van der Waals surface area contributed by atoms with E-state index in [4.69, 9.17) is 5.10 Å². The van der Waals surface area contributed by atoms with Crippen LogP contribution in [0.5, 0.6) is 0 Å². The van der Waals surface area contributed by atoms with Crippen molar-refractivity contribution < 1.29 is 0 Å². The van der Waals surface area contributed by atoms with Crippen molar-refractivity contribution in [3.63, 3.8) is 0 Å². The van der Waals surface area contributed by atoms with Gasteiger partial charge in [0.25, 0.3) is 0 Å². The molecule has 1 aromatic carbocycles. The number of nitrogens with zero attached hydrogens (tertiary/aromatic N) is 3. The van der Waals surface area contributed by atoms with Gasteiger partial charge in [-0.3, -0.25) is 0 Å². The van der Waals surface area contributed by atoms with E-state index in [2.05, 4.69) is 29.4 Å². The molecule has 1 aliphatic heterocycles. The lowest BCUT2D eigenvalue weighted by Gasteiger charge is -2.17. The molecule has 0 bridgehead atoms. The second-order valence-corrected chi connectivity index (χ2v) is 5.23. The Hall–Kier alpha value is -2.20. The molecule has 1 aliphatic rings. The average molecular weight is 264 g/mol. The van der Waals surface area contributed by atoms with Crippen LogP contribution in [0.3, 0.4) is 0 Å². The van der Waals surface area contributed by atoms with Gasteiger partial charge in [0.05, 0.1) is 11.4 Å². The zero-order valence-electron chi connectivity index (χ0n) is 11.4. The fourth-order valence-corrected chi connectivity index (χ4v) is 2.89. The highest BCUT2D eigenvalue weighted by molar-refractivity contribution is 5.70. The summed E-state index contributed by atoms with van der Waals surface area (Å²) in [6, 6.07) is 10.3. The van der Waals surface area contributed by atoms with Crippen LogP contribution in [0.4, 0.5) is 0 Å². The lowest BCUT2D eigenvalue weighted by molar-refractivity contribution is 0.610. The molecule has 0 radical (unpaired) electrons. The third-order valence-electron chi connectivity index (χ3n) is 3.96. The topological polar surface area (TPSA) is 42.2 Å². The Kier molecular flexibility index (Phi) is 2.57. The maximum absolute atomic E-state index is 4.82. The van der Waals surface area contributed by atoms with Crippen molar-refractivity contribution in [1.29, 1.82) is 0 Å². The van der Waals surface area contributed by atoms with Gasteiger partial charge >= 0.3 is 0 Å². The summed E-state index contributed by atoms with van der Waals surface area (Å²) >= 11 is 0. The molecule has 100 valence electrons. The number of hydrogen-bond acceptors (Lipinski definition) is 3. The Labute approximate surface area is 117 Å². The number of aryl methyl sites for hydroxylation is 1. The first-order chi connectivity index (χ1) is 9.84. The van der Waals surface area contributed by atoms with Gasteiger partial charge < -0.3 is 5.32 Å². The van der Waals surface area contributed by atoms with E-state index in [1.165, 1.54) is 11.3 Å². The predicted molar refractivity (Wildman–Crippen MR) is 78.6 cm³/mol. The van der Waals surface area contributed by atoms with Crippen LogP contribution < -0.4 is 5.32 Å². The summed E-state index contributed by atoms with van der Waals surface area (Å²) in [5.41, 5.74) is 6.86. The molecule has 4 heteroatoms. The highest BCUT2D eigenvalue weighted by Crippen LogP contribution is 2.26. The molecule has 0 unspecified atom stereocenters. The Morgan fingerprint density at radius 2 is 2.05 bits per heavy atom. The molecule has 2 aromatic heterocycles. The van der Waals surface area contributed by atoms with Crippen LogP contribution in [0.2, 0.25) is 0 Å². The third-order valence-corrected chi connectivity index (χ3v) is 3.96. The molecule has 3 heterocycles. The molecule has 4 rings (SSSR count). The molecule has 0 aliphatic carbocycles. The molecule has 0 saturated heterocycles. The summed E-state index contributed by atoms with van der Waals surface area (Å²) < 4.78 is 2.04. The minimum absolute atomic E-state index is 0.887. The largest absolute Gasteiger partial charge is 0.312 e. The van der Waals surface area contributed by atoms with E-state index in [1.807, 2.05) is 28.9 Å². The quantitative estimate of drug-likeness (QED) is 0.733. The second-order valence-electron chi connectivity index (χ2n) is 5.23. The summed E-state index contributed by atoms with van der Waals surface area (Å²) in [4.78, 5) is 4.60. The van der Waals surface area contributed by atoms with Gasteiger partial charge in [-0.05, 0) is 6.92 Å². The minimum atomic E-state index is 0.887. The van der Waals surface area contributed by atoms with Crippen LogP contribution in [0.25, 0.3) is 16.9 Å². The van der Waals surface area contributed by atoms with E-state index in [0.29, 0.717) is 0 Å². The maximum Gasteiger partial charge on any atom is 0.158 e. The van der Waals surface area contributed by atoms with Crippen LogP contribution in [-0.2, 0) is 13.0 Å². The molecule has 0 saturated carbocycles. The van der Waals surface area contributed by atoms with E-state index in [1.54, 1.807) is 0 Å². The van der Waals surface area contributed by atoms with Crippen molar-refractivity contribution in [1.82, 2.24) is 19.9 Å². The standard InChI is InChI=1S/C16H16N4/c1-11-15(12-5-3-2-4-6-12)19-20-14-7-8-17-9-13(14)10-18-16(11)20/h2-6,10,17H,7-9H2,1H3. The first kappa shape index (κ1) is 11.6. The number of benzene rings is 1. The van der Waals surface area contributed by atoms with Crippen LogP contribution in [0, 0.1) is 6.92 Å². The van der Waals surface area contributed by atoms with E-state index in [0.717, 1.165) is 42.0 Å². The van der Waals surface area contributed by atoms with E-state index >= 15 is 0 Å². The molecule has 1 N–H and O–H groups in total. The summed E-state index contributed by atoms with van der Waals surface area (Å²) in [7, 11) is 0. The lowest BCUT2D eigenvalue weighted by atomic mass is 10.1. The van der Waals surface area contributed by atoms with Crippen molar-refractivity contribution in [3.05, 3.63) is 53.3 Å². The van der Waals surface area contributed by atoms with Crippen LogP contribution >= 0.6 is 0 Å². The van der Waals surface area contributed by atoms with Crippen molar-refractivity contribution in [2.24, 2.45) is 0 Å².